The Morgan fingerprint density at radius 2 is 1.42 bits per heavy atom. The van der Waals surface area contributed by atoms with E-state index in [-0.39, 0.29) is 0 Å². The highest BCUT2D eigenvalue weighted by molar-refractivity contribution is 4.60. The molecule has 0 aliphatic rings. The Kier molecular flexibility index (Phi) is 10.9. The van der Waals surface area contributed by atoms with Crippen LogP contribution in [-0.2, 0) is 0 Å². The molecule has 2 N–H and O–H groups in total. The van der Waals surface area contributed by atoms with Crippen molar-refractivity contribution in [3.8, 4) is 0 Å². The largest absolute Gasteiger partial charge is 0.331 e. The highest BCUT2D eigenvalue weighted by Crippen LogP contribution is 2.21. The van der Waals surface area contributed by atoms with E-state index in [1.54, 1.807) is 0 Å². The Morgan fingerprint density at radius 3 is 1.67 bits per heavy atom. The molecule has 0 radical (unpaired) electrons. The molecule has 0 rings (SSSR count). The Balaban J connectivity index is 0. The molecule has 76 valence electrons. The zero-order valence-electron chi connectivity index (χ0n) is 9.61. The molecule has 0 aliphatic heterocycles. The molecule has 0 heterocycles. The maximum absolute atomic E-state index is 4.85. The van der Waals surface area contributed by atoms with E-state index >= 15 is 0 Å². The lowest BCUT2D eigenvalue weighted by molar-refractivity contribution is 0.359. The van der Waals surface area contributed by atoms with Gasteiger partial charge in [0.2, 0.25) is 0 Å². The summed E-state index contributed by atoms with van der Waals surface area (Å²) in [6.45, 7) is 11.8. The van der Waals surface area contributed by atoms with Crippen LogP contribution in [0.1, 0.15) is 60.3 Å². The number of unbranched alkanes of at least 4 members (excludes halogenated alkanes) is 2. The minimum absolute atomic E-state index is 0.551. The van der Waals surface area contributed by atoms with Gasteiger partial charge in [0.15, 0.2) is 0 Å². The predicted molar refractivity (Wildman–Crippen MR) is 58.3 cm³/mol. The summed E-state index contributed by atoms with van der Waals surface area (Å²) in [5.41, 5.74) is 5.40. The first-order chi connectivity index (χ1) is 5.47. The molecule has 12 heavy (non-hydrogen) atoms. The smallest absolute Gasteiger partial charge is 0.0106 e. The number of hydrogen-bond acceptors (Lipinski definition) is 1. The van der Waals surface area contributed by atoms with Crippen LogP contribution in [0.15, 0.2) is 0 Å². The summed E-state index contributed by atoms with van der Waals surface area (Å²) >= 11 is 0. The van der Waals surface area contributed by atoms with Crippen molar-refractivity contribution in [2.45, 2.75) is 60.3 Å². The molecule has 0 bridgehead atoms. The summed E-state index contributed by atoms with van der Waals surface area (Å²) in [5, 5.41) is 0. The molecule has 0 saturated heterocycles. The first kappa shape index (κ1) is 14.5. The van der Waals surface area contributed by atoms with Gasteiger partial charge in [-0.25, -0.2) is 0 Å². The van der Waals surface area contributed by atoms with Crippen LogP contribution >= 0.6 is 0 Å². The first-order valence-corrected chi connectivity index (χ1v) is 5.18. The van der Waals surface area contributed by atoms with E-state index in [4.69, 9.17) is 5.73 Å². The Labute approximate surface area is 78.7 Å². The second-order valence-corrected chi connectivity index (χ2v) is 4.43. The lowest BCUT2D eigenvalue weighted by Gasteiger charge is -2.16. The van der Waals surface area contributed by atoms with E-state index in [2.05, 4.69) is 27.7 Å². The monoisotopic (exact) mass is 173 g/mol. The number of nitrogens with two attached hydrogens (primary N) is 1. The summed E-state index contributed by atoms with van der Waals surface area (Å²) < 4.78 is 0. The van der Waals surface area contributed by atoms with E-state index in [9.17, 15) is 0 Å². The predicted octanol–water partition coefficient (Wildman–Crippen LogP) is 3.58. The molecular formula is C11H27N. The lowest BCUT2D eigenvalue weighted by atomic mass is 9.90. The molecule has 1 heteroatoms. The summed E-state index contributed by atoms with van der Waals surface area (Å²) in [6, 6.07) is 0. The van der Waals surface area contributed by atoms with Gasteiger partial charge in [-0.1, -0.05) is 53.9 Å². The number of rotatable bonds is 3. The quantitative estimate of drug-likeness (QED) is 0.649. The molecule has 0 saturated carbocycles. The molecular weight excluding hydrogens is 146 g/mol. The number of hydrogen-bond donors (Lipinski definition) is 1. The molecule has 0 aromatic heterocycles. The van der Waals surface area contributed by atoms with E-state index in [1.165, 1.54) is 25.7 Å². The highest BCUT2D eigenvalue weighted by Gasteiger charge is 2.07. The van der Waals surface area contributed by atoms with E-state index in [1.807, 2.05) is 6.92 Å². The minimum Gasteiger partial charge on any atom is -0.331 e. The molecule has 1 nitrogen and oxygen atoms in total. The maximum atomic E-state index is 4.85. The molecule has 0 amide bonds. The fraction of sp³-hybridized carbons (Fsp3) is 1.00. The Bertz CT molecular complexity index is 71.6. The molecule has 0 unspecified atom stereocenters. The van der Waals surface area contributed by atoms with E-state index in [0.29, 0.717) is 5.41 Å². The second kappa shape index (κ2) is 9.05. The van der Waals surface area contributed by atoms with Crippen LogP contribution in [0, 0.1) is 5.41 Å². The van der Waals surface area contributed by atoms with Gasteiger partial charge in [-0.2, -0.15) is 0 Å². The van der Waals surface area contributed by atoms with E-state index in [0.717, 1.165) is 6.54 Å². The fourth-order valence-corrected chi connectivity index (χ4v) is 0.905. The van der Waals surface area contributed by atoms with E-state index < -0.39 is 0 Å². The Hall–Kier alpha value is -0.0400. The third kappa shape index (κ3) is 22.5. The van der Waals surface area contributed by atoms with Crippen molar-refractivity contribution in [2.24, 2.45) is 11.1 Å². The van der Waals surface area contributed by atoms with Crippen molar-refractivity contribution in [1.29, 1.82) is 0 Å². The third-order valence-corrected chi connectivity index (χ3v) is 1.53. The maximum Gasteiger partial charge on any atom is -0.0106 e. The van der Waals surface area contributed by atoms with Crippen LogP contribution in [0.25, 0.3) is 0 Å². The molecule has 0 aliphatic carbocycles. The highest BCUT2D eigenvalue weighted by atomic mass is 14.5. The van der Waals surface area contributed by atoms with Gasteiger partial charge in [0.1, 0.15) is 0 Å². The fourth-order valence-electron chi connectivity index (χ4n) is 0.905. The van der Waals surface area contributed by atoms with Crippen molar-refractivity contribution >= 4 is 0 Å². The zero-order chi connectivity index (χ0) is 10.0. The van der Waals surface area contributed by atoms with Crippen molar-refractivity contribution in [1.82, 2.24) is 0 Å². The van der Waals surface area contributed by atoms with Crippen molar-refractivity contribution in [3.05, 3.63) is 0 Å². The second-order valence-electron chi connectivity index (χ2n) is 4.43. The SMILES string of the molecule is CCCCCC(C)(C)C.CCN. The van der Waals surface area contributed by atoms with Gasteiger partial charge in [-0.05, 0) is 18.4 Å². The molecule has 0 aromatic carbocycles. The molecule has 0 fully saturated rings. The summed E-state index contributed by atoms with van der Waals surface area (Å²) in [5.74, 6) is 0. The van der Waals surface area contributed by atoms with Crippen molar-refractivity contribution in [3.63, 3.8) is 0 Å². The Morgan fingerprint density at radius 1 is 1.00 bits per heavy atom. The average Bonchev–Trinajstić information content (AvgIpc) is 1.87. The van der Waals surface area contributed by atoms with Crippen LogP contribution < -0.4 is 5.73 Å². The zero-order valence-corrected chi connectivity index (χ0v) is 9.61. The van der Waals surface area contributed by atoms with Gasteiger partial charge < -0.3 is 5.73 Å². The van der Waals surface area contributed by atoms with Gasteiger partial charge in [0.25, 0.3) is 0 Å². The standard InChI is InChI=1S/C9H20.C2H7N/c1-5-6-7-8-9(2,3)4;1-2-3/h5-8H2,1-4H3;2-3H2,1H3. The van der Waals surface area contributed by atoms with Crippen LogP contribution in [0.3, 0.4) is 0 Å². The van der Waals surface area contributed by atoms with Crippen LogP contribution in [0.5, 0.6) is 0 Å². The summed E-state index contributed by atoms with van der Waals surface area (Å²) in [4.78, 5) is 0. The van der Waals surface area contributed by atoms with Crippen LogP contribution in [0.2, 0.25) is 0 Å². The molecule has 0 atom stereocenters. The topological polar surface area (TPSA) is 26.0 Å². The van der Waals surface area contributed by atoms with Gasteiger partial charge in [0, 0.05) is 0 Å². The van der Waals surface area contributed by atoms with Crippen molar-refractivity contribution in [2.75, 3.05) is 6.54 Å². The normalized spacial score (nSPS) is 10.5. The van der Waals surface area contributed by atoms with Gasteiger partial charge >= 0.3 is 0 Å². The van der Waals surface area contributed by atoms with Crippen LogP contribution in [0.4, 0.5) is 0 Å². The van der Waals surface area contributed by atoms with Gasteiger partial charge in [-0.15, -0.1) is 0 Å². The lowest BCUT2D eigenvalue weighted by Crippen LogP contribution is -2.03. The van der Waals surface area contributed by atoms with Gasteiger partial charge in [-0.3, -0.25) is 0 Å². The third-order valence-electron chi connectivity index (χ3n) is 1.53. The summed E-state index contributed by atoms with van der Waals surface area (Å²) in [7, 11) is 0. The minimum atomic E-state index is 0.551. The first-order valence-electron chi connectivity index (χ1n) is 5.18. The summed E-state index contributed by atoms with van der Waals surface area (Å²) in [6.07, 6.45) is 5.52. The average molecular weight is 173 g/mol. The molecule has 0 spiro atoms. The van der Waals surface area contributed by atoms with Crippen molar-refractivity contribution < 1.29 is 0 Å². The van der Waals surface area contributed by atoms with Gasteiger partial charge in [0.05, 0.1) is 0 Å². The molecule has 0 aromatic rings. The van der Waals surface area contributed by atoms with Crippen LogP contribution in [-0.4, -0.2) is 6.54 Å².